The Bertz CT molecular complexity index is 768. The highest BCUT2D eigenvalue weighted by molar-refractivity contribution is 6.17. The van der Waals surface area contributed by atoms with Gasteiger partial charge in [0, 0.05) is 23.2 Å². The predicted octanol–water partition coefficient (Wildman–Crippen LogP) is 3.78. The van der Waals surface area contributed by atoms with Crippen molar-refractivity contribution >= 4 is 17.2 Å². The summed E-state index contributed by atoms with van der Waals surface area (Å²) in [6, 6.07) is 11.0. The van der Waals surface area contributed by atoms with E-state index in [0.717, 1.165) is 22.5 Å². The highest BCUT2D eigenvalue weighted by Gasteiger charge is 2.53. The number of hydrogen-bond acceptors (Lipinski definition) is 2. The molecule has 20 heavy (non-hydrogen) atoms. The Hall–Kier alpha value is -2.16. The summed E-state index contributed by atoms with van der Waals surface area (Å²) in [7, 11) is 0. The van der Waals surface area contributed by atoms with E-state index >= 15 is 0 Å². The van der Waals surface area contributed by atoms with Gasteiger partial charge in [-0.05, 0) is 38.1 Å². The average molecular weight is 267 g/mol. The molecule has 0 bridgehead atoms. The van der Waals surface area contributed by atoms with Gasteiger partial charge in [0.05, 0.1) is 5.69 Å². The summed E-state index contributed by atoms with van der Waals surface area (Å²) < 4.78 is 14.0. The number of halogens is 1. The first kappa shape index (κ1) is 11.6. The first-order valence-electron chi connectivity index (χ1n) is 6.75. The van der Waals surface area contributed by atoms with E-state index in [1.807, 2.05) is 43.0 Å². The van der Waals surface area contributed by atoms with E-state index in [1.165, 1.54) is 6.07 Å². The molecular formula is C17H14FNO. The summed E-state index contributed by atoms with van der Waals surface area (Å²) in [6.07, 6.45) is 0.432. The minimum absolute atomic E-state index is 0.0896. The third-order valence-electron chi connectivity index (χ3n) is 4.48. The zero-order valence-corrected chi connectivity index (χ0v) is 11.4. The number of aryl methyl sites for hydroxylation is 1. The molecule has 2 heterocycles. The molecule has 0 saturated heterocycles. The Labute approximate surface area is 116 Å². The maximum absolute atomic E-state index is 14.0. The van der Waals surface area contributed by atoms with Crippen LogP contribution in [-0.2, 0) is 6.42 Å². The molecule has 2 nitrogen and oxygen atoms in total. The number of nitrogens with zero attached hydrogens (tertiary/aromatic N) is 1. The van der Waals surface area contributed by atoms with Crippen molar-refractivity contribution in [1.82, 2.24) is 0 Å². The van der Waals surface area contributed by atoms with Crippen molar-refractivity contribution in [3.63, 3.8) is 0 Å². The maximum Gasteiger partial charge on any atom is 0.190 e. The largest absolute Gasteiger partial charge is 0.327 e. The molecule has 1 atom stereocenters. The molecule has 0 aliphatic carbocycles. The zero-order valence-electron chi connectivity index (χ0n) is 11.4. The van der Waals surface area contributed by atoms with Gasteiger partial charge in [0.25, 0.3) is 0 Å². The fourth-order valence-corrected chi connectivity index (χ4v) is 3.52. The summed E-state index contributed by atoms with van der Waals surface area (Å²) in [5.74, 6) is -0.133. The number of fused-ring (bicyclic) bond motifs is 5. The van der Waals surface area contributed by atoms with Gasteiger partial charge in [0.2, 0.25) is 0 Å². The van der Waals surface area contributed by atoms with Gasteiger partial charge in [-0.25, -0.2) is 4.39 Å². The SMILES string of the molecule is Cc1ccc2c(c1)C(=O)C1(C)Cc3c(F)cccc3N21. The van der Waals surface area contributed by atoms with Crippen molar-refractivity contribution in [2.75, 3.05) is 4.90 Å². The monoisotopic (exact) mass is 267 g/mol. The van der Waals surface area contributed by atoms with Crippen molar-refractivity contribution in [1.29, 1.82) is 0 Å². The number of rotatable bonds is 0. The maximum atomic E-state index is 14.0. The number of anilines is 2. The van der Waals surface area contributed by atoms with Gasteiger partial charge in [-0.3, -0.25) is 4.79 Å². The van der Waals surface area contributed by atoms with Gasteiger partial charge in [0.15, 0.2) is 5.78 Å². The summed E-state index contributed by atoms with van der Waals surface area (Å²) in [5, 5.41) is 0. The zero-order chi connectivity index (χ0) is 14.1. The number of carbonyl (C=O) groups is 1. The van der Waals surface area contributed by atoms with Crippen LogP contribution in [0.4, 0.5) is 15.8 Å². The molecular weight excluding hydrogens is 253 g/mol. The van der Waals surface area contributed by atoms with Crippen LogP contribution in [0.15, 0.2) is 36.4 Å². The Balaban J connectivity index is 2.02. The lowest BCUT2D eigenvalue weighted by Crippen LogP contribution is -2.42. The standard InChI is InChI=1S/C17H14FNO/c1-10-6-7-15-11(8-10)16(20)17(2)9-12-13(18)4-3-5-14(12)19(15)17/h3-8H,9H2,1-2H3. The van der Waals surface area contributed by atoms with Crippen LogP contribution in [-0.4, -0.2) is 11.3 Å². The summed E-state index contributed by atoms with van der Waals surface area (Å²) in [6.45, 7) is 3.89. The Morgan fingerprint density at radius 1 is 1.20 bits per heavy atom. The molecule has 2 aromatic rings. The number of benzene rings is 2. The van der Waals surface area contributed by atoms with Crippen molar-refractivity contribution < 1.29 is 9.18 Å². The fourth-order valence-electron chi connectivity index (χ4n) is 3.52. The average Bonchev–Trinajstić information content (AvgIpc) is 2.83. The van der Waals surface area contributed by atoms with E-state index in [-0.39, 0.29) is 11.6 Å². The summed E-state index contributed by atoms with van der Waals surface area (Å²) in [5.41, 5.74) is 3.51. The van der Waals surface area contributed by atoms with Crippen LogP contribution >= 0.6 is 0 Å². The van der Waals surface area contributed by atoms with Gasteiger partial charge in [-0.1, -0.05) is 17.7 Å². The van der Waals surface area contributed by atoms with Crippen LogP contribution in [0.25, 0.3) is 0 Å². The summed E-state index contributed by atoms with van der Waals surface area (Å²) in [4.78, 5) is 14.8. The molecule has 1 unspecified atom stereocenters. The van der Waals surface area contributed by atoms with Gasteiger partial charge in [-0.2, -0.15) is 0 Å². The van der Waals surface area contributed by atoms with Crippen LogP contribution < -0.4 is 4.90 Å². The molecule has 0 radical (unpaired) electrons. The van der Waals surface area contributed by atoms with Crippen LogP contribution in [0, 0.1) is 12.7 Å². The van der Waals surface area contributed by atoms with Crippen LogP contribution in [0.3, 0.4) is 0 Å². The second-order valence-corrected chi connectivity index (χ2v) is 5.87. The van der Waals surface area contributed by atoms with Crippen molar-refractivity contribution in [3.05, 3.63) is 58.9 Å². The lowest BCUT2D eigenvalue weighted by molar-refractivity contribution is 0.0922. The van der Waals surface area contributed by atoms with Crippen molar-refractivity contribution in [3.8, 4) is 0 Å². The second kappa shape index (κ2) is 3.48. The predicted molar refractivity (Wildman–Crippen MR) is 76.2 cm³/mol. The topological polar surface area (TPSA) is 20.3 Å². The number of ketones is 1. The minimum Gasteiger partial charge on any atom is -0.327 e. The Kier molecular flexibility index (Phi) is 2.03. The molecule has 0 N–H and O–H groups in total. The first-order valence-corrected chi connectivity index (χ1v) is 6.75. The van der Waals surface area contributed by atoms with E-state index in [2.05, 4.69) is 0 Å². The lowest BCUT2D eigenvalue weighted by atomic mass is 9.90. The van der Waals surface area contributed by atoms with Crippen LogP contribution in [0.2, 0.25) is 0 Å². The van der Waals surface area contributed by atoms with E-state index in [0.29, 0.717) is 12.0 Å². The second-order valence-electron chi connectivity index (χ2n) is 5.87. The molecule has 0 fully saturated rings. The van der Waals surface area contributed by atoms with E-state index in [9.17, 15) is 9.18 Å². The van der Waals surface area contributed by atoms with E-state index in [4.69, 9.17) is 0 Å². The van der Waals surface area contributed by atoms with Crippen molar-refractivity contribution in [2.45, 2.75) is 25.8 Å². The van der Waals surface area contributed by atoms with Gasteiger partial charge in [0.1, 0.15) is 11.4 Å². The van der Waals surface area contributed by atoms with Gasteiger partial charge < -0.3 is 4.90 Å². The molecule has 2 aliphatic heterocycles. The molecule has 2 aliphatic rings. The number of Topliss-reactive ketones (excluding diaryl/α,β-unsaturated/α-hetero) is 1. The van der Waals surface area contributed by atoms with Gasteiger partial charge in [-0.15, -0.1) is 0 Å². The van der Waals surface area contributed by atoms with Crippen LogP contribution in [0.1, 0.15) is 28.4 Å². The minimum atomic E-state index is -0.680. The first-order chi connectivity index (χ1) is 9.52. The fraction of sp³-hybridized carbons (Fsp3) is 0.235. The normalized spacial score (nSPS) is 22.8. The molecule has 0 aromatic heterocycles. The van der Waals surface area contributed by atoms with E-state index < -0.39 is 5.54 Å². The van der Waals surface area contributed by atoms with Gasteiger partial charge >= 0.3 is 0 Å². The van der Waals surface area contributed by atoms with Crippen LogP contribution in [0.5, 0.6) is 0 Å². The number of carbonyl (C=O) groups excluding carboxylic acids is 1. The Morgan fingerprint density at radius 3 is 2.80 bits per heavy atom. The third-order valence-corrected chi connectivity index (χ3v) is 4.48. The smallest absolute Gasteiger partial charge is 0.190 e. The highest BCUT2D eigenvalue weighted by atomic mass is 19.1. The molecule has 3 heteroatoms. The molecule has 2 aromatic carbocycles. The quantitative estimate of drug-likeness (QED) is 0.724. The lowest BCUT2D eigenvalue weighted by Gasteiger charge is -2.28. The highest BCUT2D eigenvalue weighted by Crippen LogP contribution is 2.52. The third kappa shape index (κ3) is 1.20. The molecule has 100 valence electrons. The molecule has 0 spiro atoms. The number of hydrogen-bond donors (Lipinski definition) is 0. The molecule has 0 amide bonds. The summed E-state index contributed by atoms with van der Waals surface area (Å²) >= 11 is 0. The van der Waals surface area contributed by atoms with Crippen molar-refractivity contribution in [2.24, 2.45) is 0 Å². The molecule has 4 rings (SSSR count). The Morgan fingerprint density at radius 2 is 2.00 bits per heavy atom. The van der Waals surface area contributed by atoms with E-state index in [1.54, 1.807) is 6.07 Å². The molecule has 0 saturated carbocycles.